The predicted octanol–water partition coefficient (Wildman–Crippen LogP) is 3.88. The zero-order valence-electron chi connectivity index (χ0n) is 15.0. The molecule has 0 atom stereocenters. The number of benzene rings is 2. The molecule has 4 aromatic rings. The highest BCUT2D eigenvalue weighted by Crippen LogP contribution is 2.25. The van der Waals surface area contributed by atoms with Crippen molar-refractivity contribution < 1.29 is 13.6 Å². The first kappa shape index (κ1) is 19.0. The van der Waals surface area contributed by atoms with Crippen molar-refractivity contribution in [3.8, 4) is 0 Å². The summed E-state index contributed by atoms with van der Waals surface area (Å²) in [7, 11) is 0. The maximum Gasteiger partial charge on any atom is 0.234 e. The van der Waals surface area contributed by atoms with Crippen molar-refractivity contribution in [3.05, 3.63) is 78.3 Å². The van der Waals surface area contributed by atoms with Crippen LogP contribution in [0, 0.1) is 11.6 Å². The van der Waals surface area contributed by atoms with E-state index in [-0.39, 0.29) is 11.4 Å². The number of carbonyl (C=O) groups excluding carboxylic acids is 1. The van der Waals surface area contributed by atoms with Gasteiger partial charge in [-0.25, -0.2) is 23.4 Å². The van der Waals surface area contributed by atoms with E-state index in [9.17, 15) is 13.6 Å². The number of aromatic nitrogens is 4. The number of halogens is 2. The van der Waals surface area contributed by atoms with E-state index in [1.807, 2.05) is 30.3 Å². The van der Waals surface area contributed by atoms with Gasteiger partial charge < -0.3 is 5.32 Å². The van der Waals surface area contributed by atoms with Crippen molar-refractivity contribution in [2.75, 3.05) is 11.1 Å². The Hall–Kier alpha value is -3.33. The number of fused-ring (bicyclic) bond motifs is 1. The van der Waals surface area contributed by atoms with Gasteiger partial charge in [-0.15, -0.1) is 0 Å². The van der Waals surface area contributed by atoms with Crippen LogP contribution < -0.4 is 5.32 Å². The molecular formula is C20H15F2N5OS. The zero-order chi connectivity index (χ0) is 20.2. The van der Waals surface area contributed by atoms with Crippen LogP contribution in [0.4, 0.5) is 14.5 Å². The Kier molecular flexibility index (Phi) is 5.48. The molecule has 9 heteroatoms. The number of carbonyl (C=O) groups is 1. The molecule has 0 saturated heterocycles. The molecule has 4 rings (SSSR count). The van der Waals surface area contributed by atoms with E-state index in [1.54, 1.807) is 10.9 Å². The summed E-state index contributed by atoms with van der Waals surface area (Å²) in [6.45, 7) is 0.565. The third kappa shape index (κ3) is 4.40. The van der Waals surface area contributed by atoms with Gasteiger partial charge in [-0.2, -0.15) is 5.10 Å². The standard InChI is InChI=1S/C20H15F2N5OS/c21-14-6-7-17(16(22)8-14)26-18(28)11-29-20-15-9-25-27(19(15)23-12-24-20)10-13-4-2-1-3-5-13/h1-9,12H,10-11H2,(H,26,28). The third-order valence-corrected chi connectivity index (χ3v) is 5.12. The molecule has 0 spiro atoms. The fraction of sp³-hybridized carbons (Fsp3) is 0.100. The highest BCUT2D eigenvalue weighted by Gasteiger charge is 2.13. The molecule has 1 N–H and O–H groups in total. The van der Waals surface area contributed by atoms with Crippen molar-refractivity contribution in [1.82, 2.24) is 19.7 Å². The van der Waals surface area contributed by atoms with Crippen LogP contribution in [0.3, 0.4) is 0 Å². The smallest absolute Gasteiger partial charge is 0.234 e. The highest BCUT2D eigenvalue weighted by atomic mass is 32.2. The van der Waals surface area contributed by atoms with Gasteiger partial charge >= 0.3 is 0 Å². The molecule has 0 aliphatic carbocycles. The van der Waals surface area contributed by atoms with Gasteiger partial charge in [0, 0.05) is 6.07 Å². The number of anilines is 1. The quantitative estimate of drug-likeness (QED) is 0.385. The molecule has 2 heterocycles. The lowest BCUT2D eigenvalue weighted by atomic mass is 10.2. The molecule has 29 heavy (non-hydrogen) atoms. The zero-order valence-corrected chi connectivity index (χ0v) is 15.9. The molecule has 1 amide bonds. The lowest BCUT2D eigenvalue weighted by Gasteiger charge is -2.07. The largest absolute Gasteiger partial charge is 0.323 e. The average Bonchev–Trinajstić information content (AvgIpc) is 3.13. The maximum absolute atomic E-state index is 13.7. The predicted molar refractivity (Wildman–Crippen MR) is 107 cm³/mol. The van der Waals surface area contributed by atoms with Crippen LogP contribution in [0.2, 0.25) is 0 Å². The normalized spacial score (nSPS) is 11.0. The van der Waals surface area contributed by atoms with Crippen molar-refractivity contribution in [2.24, 2.45) is 0 Å². The second-order valence-electron chi connectivity index (χ2n) is 6.16. The van der Waals surface area contributed by atoms with Crippen LogP contribution in [-0.4, -0.2) is 31.4 Å². The van der Waals surface area contributed by atoms with Gasteiger partial charge in [0.1, 0.15) is 23.0 Å². The Labute approximate surface area is 169 Å². The van der Waals surface area contributed by atoms with Crippen molar-refractivity contribution >= 4 is 34.4 Å². The van der Waals surface area contributed by atoms with Crippen molar-refractivity contribution in [1.29, 1.82) is 0 Å². The van der Waals surface area contributed by atoms with Crippen molar-refractivity contribution in [3.63, 3.8) is 0 Å². The molecule has 0 fully saturated rings. The summed E-state index contributed by atoms with van der Waals surface area (Å²) >= 11 is 1.19. The van der Waals surface area contributed by atoms with Crippen LogP contribution in [-0.2, 0) is 11.3 Å². The second kappa shape index (κ2) is 8.36. The molecule has 146 valence electrons. The first-order chi connectivity index (χ1) is 14.1. The van der Waals surface area contributed by atoms with Gasteiger partial charge in [0.2, 0.25) is 5.91 Å². The highest BCUT2D eigenvalue weighted by molar-refractivity contribution is 8.00. The van der Waals surface area contributed by atoms with Crippen LogP contribution in [0.5, 0.6) is 0 Å². The van der Waals surface area contributed by atoms with E-state index in [4.69, 9.17) is 0 Å². The minimum absolute atomic E-state index is 0.00674. The molecule has 2 aromatic heterocycles. The van der Waals surface area contributed by atoms with E-state index in [0.717, 1.165) is 23.1 Å². The molecule has 0 bridgehead atoms. The topological polar surface area (TPSA) is 72.7 Å². The van der Waals surface area contributed by atoms with Crippen LogP contribution in [0.1, 0.15) is 5.56 Å². The first-order valence-electron chi connectivity index (χ1n) is 8.68. The van der Waals surface area contributed by atoms with Gasteiger partial charge in [-0.1, -0.05) is 42.1 Å². The third-order valence-electron chi connectivity index (χ3n) is 4.12. The Morgan fingerprint density at radius 1 is 1.10 bits per heavy atom. The van der Waals surface area contributed by atoms with E-state index < -0.39 is 17.5 Å². The Morgan fingerprint density at radius 3 is 2.72 bits per heavy atom. The number of rotatable bonds is 6. The molecule has 0 unspecified atom stereocenters. The summed E-state index contributed by atoms with van der Waals surface area (Å²) in [5.41, 5.74) is 1.68. The number of nitrogens with one attached hydrogen (secondary N) is 1. The minimum atomic E-state index is -0.824. The molecule has 2 aromatic carbocycles. The molecule has 0 saturated carbocycles. The van der Waals surface area contributed by atoms with Gasteiger partial charge in [0.05, 0.1) is 29.6 Å². The van der Waals surface area contributed by atoms with Gasteiger partial charge in [-0.3, -0.25) is 4.79 Å². The summed E-state index contributed by atoms with van der Waals surface area (Å²) in [5, 5.41) is 8.14. The van der Waals surface area contributed by atoms with Crippen LogP contribution >= 0.6 is 11.8 Å². The molecule has 6 nitrogen and oxygen atoms in total. The van der Waals surface area contributed by atoms with Gasteiger partial charge in [0.15, 0.2) is 5.65 Å². The van der Waals surface area contributed by atoms with Gasteiger partial charge in [-0.05, 0) is 17.7 Å². The minimum Gasteiger partial charge on any atom is -0.323 e. The van der Waals surface area contributed by atoms with Crippen LogP contribution in [0.15, 0.2) is 66.1 Å². The Balaban J connectivity index is 1.46. The lowest BCUT2D eigenvalue weighted by Crippen LogP contribution is -2.15. The first-order valence-corrected chi connectivity index (χ1v) is 9.67. The summed E-state index contributed by atoms with van der Waals surface area (Å²) < 4.78 is 28.4. The van der Waals surface area contributed by atoms with E-state index in [2.05, 4.69) is 20.4 Å². The number of hydrogen-bond acceptors (Lipinski definition) is 5. The maximum atomic E-state index is 13.7. The van der Waals surface area contributed by atoms with Crippen molar-refractivity contribution in [2.45, 2.75) is 11.6 Å². The summed E-state index contributed by atoms with van der Waals surface area (Å²) in [4.78, 5) is 20.7. The summed E-state index contributed by atoms with van der Waals surface area (Å²) in [5.74, 6) is -1.95. The molecule has 0 aliphatic heterocycles. The van der Waals surface area contributed by atoms with E-state index in [1.165, 1.54) is 24.2 Å². The Bertz CT molecular complexity index is 1170. The SMILES string of the molecule is O=C(CSc1ncnc2c1cnn2Cc1ccccc1)Nc1ccc(F)cc1F. The van der Waals surface area contributed by atoms with Crippen LogP contribution in [0.25, 0.3) is 11.0 Å². The molecule has 0 aliphatic rings. The number of nitrogens with zero attached hydrogens (tertiary/aromatic N) is 4. The van der Waals surface area contributed by atoms with E-state index in [0.29, 0.717) is 17.2 Å². The number of thioether (sulfide) groups is 1. The fourth-order valence-electron chi connectivity index (χ4n) is 2.77. The number of hydrogen-bond donors (Lipinski definition) is 1. The average molecular weight is 411 g/mol. The second-order valence-corrected chi connectivity index (χ2v) is 7.13. The number of amides is 1. The molecule has 0 radical (unpaired) electrons. The van der Waals surface area contributed by atoms with E-state index >= 15 is 0 Å². The van der Waals surface area contributed by atoms with Gasteiger partial charge in [0.25, 0.3) is 0 Å². The Morgan fingerprint density at radius 2 is 1.93 bits per heavy atom. The fourth-order valence-corrected chi connectivity index (χ4v) is 3.53. The monoisotopic (exact) mass is 411 g/mol. The lowest BCUT2D eigenvalue weighted by molar-refractivity contribution is -0.113. The molecular weight excluding hydrogens is 396 g/mol. The summed E-state index contributed by atoms with van der Waals surface area (Å²) in [6, 6.07) is 12.9. The summed E-state index contributed by atoms with van der Waals surface area (Å²) in [6.07, 6.45) is 3.09.